The fourth-order valence-electron chi connectivity index (χ4n) is 1.50. The molecule has 20 heavy (non-hydrogen) atoms. The number of ether oxygens (including phenoxy) is 2. The van der Waals surface area contributed by atoms with Crippen molar-refractivity contribution in [3.8, 4) is 11.5 Å². The molecule has 0 aliphatic carbocycles. The van der Waals surface area contributed by atoms with Gasteiger partial charge in [-0.2, -0.15) is 0 Å². The first kappa shape index (κ1) is 17.2. The Balaban J connectivity index is 3.37. The summed E-state index contributed by atoms with van der Waals surface area (Å²) in [5.41, 5.74) is 4.79. The van der Waals surface area contributed by atoms with E-state index in [-0.39, 0.29) is 17.2 Å². The summed E-state index contributed by atoms with van der Waals surface area (Å²) >= 11 is 3.28. The molecule has 0 aliphatic heterocycles. The molecule has 1 rings (SSSR count). The molecule has 0 amide bonds. The average molecular weight is 367 g/mol. The molecule has 0 fully saturated rings. The van der Waals surface area contributed by atoms with E-state index < -0.39 is 15.6 Å². The monoisotopic (exact) mass is 366 g/mol. The zero-order valence-electron chi connectivity index (χ0n) is 11.9. The highest BCUT2D eigenvalue weighted by atomic mass is 79.9. The SMILES string of the molecule is COc1cc(S(=O)(=O)NC(C)(C)CN)c(OC)cc1Br. The molecule has 0 radical (unpaired) electrons. The van der Waals surface area contributed by atoms with Gasteiger partial charge in [-0.25, -0.2) is 13.1 Å². The van der Waals surface area contributed by atoms with E-state index >= 15 is 0 Å². The van der Waals surface area contributed by atoms with Gasteiger partial charge in [0.15, 0.2) is 0 Å². The van der Waals surface area contributed by atoms with Gasteiger partial charge in [-0.3, -0.25) is 0 Å². The molecular weight excluding hydrogens is 348 g/mol. The lowest BCUT2D eigenvalue weighted by Crippen LogP contribution is -2.48. The molecule has 0 heterocycles. The molecule has 8 heteroatoms. The van der Waals surface area contributed by atoms with Gasteiger partial charge < -0.3 is 15.2 Å². The maximum Gasteiger partial charge on any atom is 0.244 e. The van der Waals surface area contributed by atoms with Crippen LogP contribution in [-0.2, 0) is 10.0 Å². The van der Waals surface area contributed by atoms with Gasteiger partial charge in [0.05, 0.1) is 18.7 Å². The van der Waals surface area contributed by atoms with Gasteiger partial charge in [0.1, 0.15) is 16.4 Å². The summed E-state index contributed by atoms with van der Waals surface area (Å²) in [5.74, 6) is 0.620. The van der Waals surface area contributed by atoms with Gasteiger partial charge in [-0.05, 0) is 35.8 Å². The van der Waals surface area contributed by atoms with Crippen LogP contribution < -0.4 is 19.9 Å². The summed E-state index contributed by atoms with van der Waals surface area (Å²) in [6.45, 7) is 3.57. The average Bonchev–Trinajstić information content (AvgIpc) is 2.36. The smallest absolute Gasteiger partial charge is 0.244 e. The van der Waals surface area contributed by atoms with Crippen LogP contribution in [0, 0.1) is 0 Å². The first-order valence-corrected chi connectivity index (χ1v) is 8.10. The van der Waals surface area contributed by atoms with Gasteiger partial charge >= 0.3 is 0 Å². The first-order chi connectivity index (χ1) is 9.16. The third-order valence-corrected chi connectivity index (χ3v) is 4.99. The zero-order valence-corrected chi connectivity index (χ0v) is 14.3. The molecule has 3 N–H and O–H groups in total. The molecule has 0 saturated carbocycles. The van der Waals surface area contributed by atoms with Crippen molar-refractivity contribution in [3.05, 3.63) is 16.6 Å². The van der Waals surface area contributed by atoms with Crippen molar-refractivity contribution in [2.24, 2.45) is 5.73 Å². The van der Waals surface area contributed by atoms with Gasteiger partial charge in [0.25, 0.3) is 0 Å². The summed E-state index contributed by atoms with van der Waals surface area (Å²) in [7, 11) is -0.915. The van der Waals surface area contributed by atoms with Crippen LogP contribution in [0.15, 0.2) is 21.5 Å². The number of nitrogens with two attached hydrogens (primary N) is 1. The molecule has 0 spiro atoms. The van der Waals surface area contributed by atoms with Crippen LogP contribution in [-0.4, -0.2) is 34.7 Å². The Labute approximate surface area is 127 Å². The van der Waals surface area contributed by atoms with Gasteiger partial charge in [-0.15, -0.1) is 0 Å². The lowest BCUT2D eigenvalue weighted by Gasteiger charge is -2.24. The van der Waals surface area contributed by atoms with Crippen LogP contribution in [0.1, 0.15) is 13.8 Å². The Morgan fingerprint density at radius 1 is 1.25 bits per heavy atom. The second-order valence-electron chi connectivity index (χ2n) is 4.83. The molecular formula is C12H19BrN2O4S. The second kappa shape index (κ2) is 6.30. The Bertz CT molecular complexity index is 587. The fourth-order valence-corrected chi connectivity index (χ4v) is 3.58. The maximum atomic E-state index is 12.4. The Morgan fingerprint density at radius 3 is 2.25 bits per heavy atom. The van der Waals surface area contributed by atoms with Crippen molar-refractivity contribution >= 4 is 26.0 Å². The van der Waals surface area contributed by atoms with E-state index in [0.29, 0.717) is 10.2 Å². The molecule has 0 unspecified atom stereocenters. The van der Waals surface area contributed by atoms with Crippen molar-refractivity contribution in [1.29, 1.82) is 0 Å². The molecule has 0 atom stereocenters. The van der Waals surface area contributed by atoms with Gasteiger partial charge in [0, 0.05) is 18.2 Å². The van der Waals surface area contributed by atoms with E-state index in [0.717, 1.165) is 0 Å². The molecule has 0 aliphatic rings. The molecule has 0 bridgehead atoms. The van der Waals surface area contributed by atoms with Crippen molar-refractivity contribution in [3.63, 3.8) is 0 Å². The fraction of sp³-hybridized carbons (Fsp3) is 0.500. The number of rotatable bonds is 6. The summed E-state index contributed by atoms with van der Waals surface area (Å²) < 4.78 is 38.3. The minimum Gasteiger partial charge on any atom is -0.496 e. The summed E-state index contributed by atoms with van der Waals surface area (Å²) in [6.07, 6.45) is 0. The predicted octanol–water partition coefficient (Wildman–Crippen LogP) is 1.48. The van der Waals surface area contributed by atoms with Crippen molar-refractivity contribution < 1.29 is 17.9 Å². The van der Waals surface area contributed by atoms with E-state index in [4.69, 9.17) is 15.2 Å². The van der Waals surface area contributed by atoms with E-state index in [1.165, 1.54) is 20.3 Å². The predicted molar refractivity (Wildman–Crippen MR) is 80.7 cm³/mol. The lowest BCUT2D eigenvalue weighted by atomic mass is 10.1. The summed E-state index contributed by atoms with van der Waals surface area (Å²) in [4.78, 5) is 0.00146. The largest absolute Gasteiger partial charge is 0.496 e. The number of nitrogens with one attached hydrogen (secondary N) is 1. The Kier molecular flexibility index (Phi) is 5.42. The van der Waals surface area contributed by atoms with E-state index in [2.05, 4.69) is 20.7 Å². The van der Waals surface area contributed by atoms with Crippen molar-refractivity contribution in [1.82, 2.24) is 4.72 Å². The highest BCUT2D eigenvalue weighted by molar-refractivity contribution is 9.10. The van der Waals surface area contributed by atoms with Crippen LogP contribution in [0.5, 0.6) is 11.5 Å². The van der Waals surface area contributed by atoms with E-state index in [9.17, 15) is 8.42 Å². The van der Waals surface area contributed by atoms with Crippen LogP contribution >= 0.6 is 15.9 Å². The summed E-state index contributed by atoms with van der Waals surface area (Å²) in [6, 6.07) is 2.95. The number of benzene rings is 1. The second-order valence-corrected chi connectivity index (χ2v) is 7.34. The number of hydrogen-bond donors (Lipinski definition) is 2. The van der Waals surface area contributed by atoms with Gasteiger partial charge in [0.2, 0.25) is 10.0 Å². The Morgan fingerprint density at radius 2 is 1.80 bits per heavy atom. The van der Waals surface area contributed by atoms with Crippen LogP contribution in [0.2, 0.25) is 0 Å². The minimum atomic E-state index is -3.78. The van der Waals surface area contributed by atoms with E-state index in [1.807, 2.05) is 0 Å². The van der Waals surface area contributed by atoms with Crippen molar-refractivity contribution in [2.45, 2.75) is 24.3 Å². The summed E-state index contributed by atoms with van der Waals surface area (Å²) in [5, 5.41) is 0. The quantitative estimate of drug-likeness (QED) is 0.795. The molecule has 1 aromatic rings. The third kappa shape index (κ3) is 3.85. The number of methoxy groups -OCH3 is 2. The highest BCUT2D eigenvalue weighted by Crippen LogP contribution is 2.35. The molecule has 114 valence electrons. The number of sulfonamides is 1. The molecule has 0 saturated heterocycles. The standard InChI is InChI=1S/C12H19BrN2O4S/c1-12(2,7-14)15-20(16,17)11-6-9(18-3)8(13)5-10(11)19-4/h5-6,15H,7,14H2,1-4H3. The molecule has 1 aromatic carbocycles. The van der Waals surface area contributed by atoms with Crippen LogP contribution in [0.3, 0.4) is 0 Å². The lowest BCUT2D eigenvalue weighted by molar-refractivity contribution is 0.388. The third-order valence-electron chi connectivity index (χ3n) is 2.65. The van der Waals surface area contributed by atoms with E-state index in [1.54, 1.807) is 19.9 Å². The number of halogens is 1. The first-order valence-electron chi connectivity index (χ1n) is 5.82. The van der Waals surface area contributed by atoms with Gasteiger partial charge in [-0.1, -0.05) is 0 Å². The normalized spacial score (nSPS) is 12.3. The number of hydrogen-bond acceptors (Lipinski definition) is 5. The van der Waals surface area contributed by atoms with Crippen LogP contribution in [0.4, 0.5) is 0 Å². The minimum absolute atomic E-state index is 0.00146. The zero-order chi connectivity index (χ0) is 15.6. The highest BCUT2D eigenvalue weighted by Gasteiger charge is 2.28. The maximum absolute atomic E-state index is 12.4. The van der Waals surface area contributed by atoms with Crippen molar-refractivity contribution in [2.75, 3.05) is 20.8 Å². The topological polar surface area (TPSA) is 90.7 Å². The van der Waals surface area contributed by atoms with Crippen LogP contribution in [0.25, 0.3) is 0 Å². The molecule has 6 nitrogen and oxygen atoms in total. The Hall–Kier alpha value is -0.830. The molecule has 0 aromatic heterocycles.